The summed E-state index contributed by atoms with van der Waals surface area (Å²) in [6, 6.07) is 2.73. The number of benzene rings is 1. The normalized spacial score (nSPS) is 14.9. The molecule has 0 fully saturated rings. The van der Waals surface area contributed by atoms with Crippen LogP contribution in [0.15, 0.2) is 18.2 Å². The van der Waals surface area contributed by atoms with E-state index in [4.69, 9.17) is 5.84 Å². The molecule has 0 aliphatic rings. The molecule has 0 saturated heterocycles. The standard InChI is InChI=1S/C12H18F3N3O2/c1-17-5-4-10(19)11(20)8-3-2-7(12(13,14)15)6-9(8)18-16/h2-3,6,10-11,17-20H,4-5,16H2,1H3. The van der Waals surface area contributed by atoms with Crippen molar-refractivity contribution < 1.29 is 23.4 Å². The highest BCUT2D eigenvalue weighted by atomic mass is 19.4. The van der Waals surface area contributed by atoms with Gasteiger partial charge in [-0.05, 0) is 32.1 Å². The number of hydrogen-bond donors (Lipinski definition) is 5. The zero-order valence-corrected chi connectivity index (χ0v) is 10.9. The molecule has 0 aromatic heterocycles. The van der Waals surface area contributed by atoms with Gasteiger partial charge in [0.2, 0.25) is 0 Å². The Hall–Kier alpha value is -1.35. The van der Waals surface area contributed by atoms with E-state index in [-0.39, 0.29) is 17.7 Å². The Morgan fingerprint density at radius 3 is 2.45 bits per heavy atom. The molecule has 0 saturated carbocycles. The van der Waals surface area contributed by atoms with Gasteiger partial charge in [0.25, 0.3) is 0 Å². The number of nitrogen functional groups attached to an aromatic ring is 1. The number of hydrogen-bond acceptors (Lipinski definition) is 5. The molecule has 0 aliphatic heterocycles. The molecule has 5 nitrogen and oxygen atoms in total. The number of aliphatic hydroxyl groups is 2. The average Bonchev–Trinajstić information content (AvgIpc) is 2.42. The predicted molar refractivity (Wildman–Crippen MR) is 68.8 cm³/mol. The zero-order chi connectivity index (χ0) is 15.3. The van der Waals surface area contributed by atoms with Gasteiger partial charge in [-0.25, -0.2) is 0 Å². The van der Waals surface area contributed by atoms with Crippen LogP contribution in [0.1, 0.15) is 23.7 Å². The first-order valence-corrected chi connectivity index (χ1v) is 5.99. The van der Waals surface area contributed by atoms with Crippen molar-refractivity contribution in [3.63, 3.8) is 0 Å². The summed E-state index contributed by atoms with van der Waals surface area (Å²) in [7, 11) is 1.68. The maximum Gasteiger partial charge on any atom is 0.416 e. The molecule has 0 bridgehead atoms. The minimum atomic E-state index is -4.50. The molecule has 0 amide bonds. The lowest BCUT2D eigenvalue weighted by Crippen LogP contribution is -2.25. The third-order valence-electron chi connectivity index (χ3n) is 2.91. The van der Waals surface area contributed by atoms with Crippen LogP contribution in [0.5, 0.6) is 0 Å². The van der Waals surface area contributed by atoms with Crippen LogP contribution >= 0.6 is 0 Å². The quantitative estimate of drug-likeness (QED) is 0.399. The average molecular weight is 293 g/mol. The van der Waals surface area contributed by atoms with Crippen LogP contribution in [0.3, 0.4) is 0 Å². The highest BCUT2D eigenvalue weighted by Crippen LogP contribution is 2.34. The summed E-state index contributed by atoms with van der Waals surface area (Å²) >= 11 is 0. The van der Waals surface area contributed by atoms with Crippen molar-refractivity contribution in [2.24, 2.45) is 5.84 Å². The van der Waals surface area contributed by atoms with Crippen LogP contribution in [0.2, 0.25) is 0 Å². The van der Waals surface area contributed by atoms with Gasteiger partial charge in [-0.1, -0.05) is 6.07 Å². The van der Waals surface area contributed by atoms with Gasteiger partial charge in [0.05, 0.1) is 17.4 Å². The van der Waals surface area contributed by atoms with Crippen molar-refractivity contribution in [2.45, 2.75) is 24.8 Å². The zero-order valence-electron chi connectivity index (χ0n) is 10.9. The summed E-state index contributed by atoms with van der Waals surface area (Å²) < 4.78 is 37.7. The molecule has 6 N–H and O–H groups in total. The molecule has 1 aromatic rings. The Balaban J connectivity index is 3.00. The Kier molecular flexibility index (Phi) is 5.75. The second kappa shape index (κ2) is 6.89. The fourth-order valence-electron chi connectivity index (χ4n) is 1.77. The topological polar surface area (TPSA) is 90.5 Å². The Bertz CT molecular complexity index is 440. The van der Waals surface area contributed by atoms with E-state index in [0.29, 0.717) is 6.54 Å². The maximum atomic E-state index is 12.6. The van der Waals surface area contributed by atoms with Gasteiger partial charge in [0.1, 0.15) is 6.10 Å². The van der Waals surface area contributed by atoms with Gasteiger partial charge >= 0.3 is 6.18 Å². The van der Waals surface area contributed by atoms with Gasteiger partial charge < -0.3 is 21.0 Å². The SMILES string of the molecule is CNCCC(O)C(O)c1ccc(C(F)(F)F)cc1NN. The Morgan fingerprint density at radius 2 is 1.95 bits per heavy atom. The fourth-order valence-corrected chi connectivity index (χ4v) is 1.77. The van der Waals surface area contributed by atoms with E-state index in [0.717, 1.165) is 18.2 Å². The number of rotatable bonds is 6. The number of aliphatic hydroxyl groups excluding tert-OH is 2. The molecule has 2 atom stereocenters. The number of nitrogens with one attached hydrogen (secondary N) is 2. The van der Waals surface area contributed by atoms with E-state index >= 15 is 0 Å². The van der Waals surface area contributed by atoms with Crippen LogP contribution in [0.4, 0.5) is 18.9 Å². The molecule has 0 spiro atoms. The van der Waals surface area contributed by atoms with E-state index in [1.54, 1.807) is 7.05 Å². The summed E-state index contributed by atoms with van der Waals surface area (Å²) in [6.07, 6.45) is -6.68. The molecule has 8 heteroatoms. The first kappa shape index (κ1) is 16.7. The van der Waals surface area contributed by atoms with Crippen molar-refractivity contribution in [1.82, 2.24) is 5.32 Å². The van der Waals surface area contributed by atoms with Crippen molar-refractivity contribution >= 4 is 5.69 Å². The van der Waals surface area contributed by atoms with Gasteiger partial charge in [-0.2, -0.15) is 13.2 Å². The van der Waals surface area contributed by atoms with Crippen molar-refractivity contribution in [3.05, 3.63) is 29.3 Å². The van der Waals surface area contributed by atoms with Gasteiger partial charge in [0.15, 0.2) is 0 Å². The van der Waals surface area contributed by atoms with E-state index in [1.807, 2.05) is 0 Å². The minimum Gasteiger partial charge on any atom is -0.390 e. The number of halogens is 3. The van der Waals surface area contributed by atoms with Crippen LogP contribution in [0.25, 0.3) is 0 Å². The second-order valence-electron chi connectivity index (χ2n) is 4.35. The van der Waals surface area contributed by atoms with Gasteiger partial charge in [-0.15, -0.1) is 0 Å². The molecule has 1 aromatic carbocycles. The fraction of sp³-hybridized carbons (Fsp3) is 0.500. The lowest BCUT2D eigenvalue weighted by molar-refractivity contribution is -0.137. The lowest BCUT2D eigenvalue weighted by atomic mass is 9.98. The summed E-state index contributed by atoms with van der Waals surface area (Å²) in [5.41, 5.74) is 1.27. The van der Waals surface area contributed by atoms with Crippen LogP contribution in [0, 0.1) is 0 Å². The summed E-state index contributed by atoms with van der Waals surface area (Å²) in [5, 5.41) is 22.5. The lowest BCUT2D eigenvalue weighted by Gasteiger charge is -2.21. The number of hydrazine groups is 1. The minimum absolute atomic E-state index is 0.0733. The highest BCUT2D eigenvalue weighted by Gasteiger charge is 2.32. The summed E-state index contributed by atoms with van der Waals surface area (Å²) in [6.45, 7) is 0.463. The monoisotopic (exact) mass is 293 g/mol. The smallest absolute Gasteiger partial charge is 0.390 e. The molecule has 2 unspecified atom stereocenters. The molecule has 0 aliphatic carbocycles. The Labute approximate surface area is 114 Å². The highest BCUT2D eigenvalue weighted by molar-refractivity contribution is 5.54. The largest absolute Gasteiger partial charge is 0.416 e. The van der Waals surface area contributed by atoms with E-state index < -0.39 is 23.9 Å². The molecular weight excluding hydrogens is 275 g/mol. The first-order valence-electron chi connectivity index (χ1n) is 5.99. The Morgan fingerprint density at radius 1 is 1.30 bits per heavy atom. The first-order chi connectivity index (χ1) is 9.31. The molecule has 114 valence electrons. The van der Waals surface area contributed by atoms with E-state index in [2.05, 4.69) is 10.7 Å². The van der Waals surface area contributed by atoms with Crippen LogP contribution in [-0.4, -0.2) is 29.9 Å². The molecule has 1 rings (SSSR count). The number of nitrogens with two attached hydrogens (primary N) is 1. The molecular formula is C12H18F3N3O2. The third kappa shape index (κ3) is 4.07. The number of alkyl halides is 3. The molecule has 20 heavy (non-hydrogen) atoms. The van der Waals surface area contributed by atoms with E-state index in [1.165, 1.54) is 0 Å². The van der Waals surface area contributed by atoms with Crippen molar-refractivity contribution in [2.75, 3.05) is 19.0 Å². The predicted octanol–water partition coefficient (Wildman–Crippen LogP) is 0.995. The summed E-state index contributed by atoms with van der Waals surface area (Å²) in [5.74, 6) is 5.18. The number of anilines is 1. The van der Waals surface area contributed by atoms with E-state index in [9.17, 15) is 23.4 Å². The molecule has 0 heterocycles. The molecule has 0 radical (unpaired) electrons. The van der Waals surface area contributed by atoms with Crippen molar-refractivity contribution in [1.29, 1.82) is 0 Å². The third-order valence-corrected chi connectivity index (χ3v) is 2.91. The van der Waals surface area contributed by atoms with Crippen LogP contribution in [-0.2, 0) is 6.18 Å². The maximum absolute atomic E-state index is 12.6. The second-order valence-corrected chi connectivity index (χ2v) is 4.35. The summed E-state index contributed by atoms with van der Waals surface area (Å²) in [4.78, 5) is 0. The van der Waals surface area contributed by atoms with Gasteiger partial charge in [-0.3, -0.25) is 5.84 Å². The van der Waals surface area contributed by atoms with Gasteiger partial charge in [0, 0.05) is 5.56 Å². The van der Waals surface area contributed by atoms with Crippen molar-refractivity contribution in [3.8, 4) is 0 Å². The van der Waals surface area contributed by atoms with Crippen LogP contribution < -0.4 is 16.6 Å².